The molecule has 0 spiro atoms. The molecule has 1 aliphatic carbocycles. The molecule has 3 heteroatoms. The van der Waals surface area contributed by atoms with Gasteiger partial charge >= 0.3 is 0 Å². The zero-order valence-corrected chi connectivity index (χ0v) is 11.8. The lowest BCUT2D eigenvalue weighted by atomic mass is 10.0. The molecule has 2 rings (SSSR count). The number of piperidine rings is 1. The summed E-state index contributed by atoms with van der Waals surface area (Å²) in [6, 6.07) is 0.933. The maximum Gasteiger partial charge on any atom is 0.224 e. The Morgan fingerprint density at radius 1 is 1.06 bits per heavy atom. The summed E-state index contributed by atoms with van der Waals surface area (Å²) in [5.41, 5.74) is 0. The number of nitrogens with zero attached hydrogens (tertiary/aromatic N) is 1. The lowest BCUT2D eigenvalue weighted by molar-refractivity contribution is -0.132. The van der Waals surface area contributed by atoms with Gasteiger partial charge in [-0.15, -0.1) is 0 Å². The largest absolute Gasteiger partial charge is 0.343 e. The summed E-state index contributed by atoms with van der Waals surface area (Å²) < 4.78 is 0. The van der Waals surface area contributed by atoms with Crippen LogP contribution in [-0.2, 0) is 4.79 Å². The van der Waals surface area contributed by atoms with Crippen molar-refractivity contribution < 1.29 is 4.79 Å². The number of hydrogen-bond acceptors (Lipinski definition) is 2. The first-order chi connectivity index (χ1) is 8.77. The number of carbonyl (C=O) groups is 1. The predicted molar refractivity (Wildman–Crippen MR) is 74.5 cm³/mol. The van der Waals surface area contributed by atoms with E-state index >= 15 is 0 Å². The van der Waals surface area contributed by atoms with Crippen molar-refractivity contribution in [2.45, 2.75) is 76.3 Å². The molecule has 104 valence electrons. The van der Waals surface area contributed by atoms with Crippen LogP contribution in [0.1, 0.15) is 64.2 Å². The van der Waals surface area contributed by atoms with E-state index in [9.17, 15) is 4.79 Å². The average molecular weight is 252 g/mol. The van der Waals surface area contributed by atoms with Gasteiger partial charge in [0, 0.05) is 25.6 Å². The molecule has 1 saturated carbocycles. The fourth-order valence-electron chi connectivity index (χ4n) is 3.30. The molecule has 0 bridgehead atoms. The van der Waals surface area contributed by atoms with E-state index in [-0.39, 0.29) is 0 Å². The minimum atomic E-state index is 0.348. The Morgan fingerprint density at radius 3 is 2.33 bits per heavy atom. The van der Waals surface area contributed by atoms with E-state index in [4.69, 9.17) is 0 Å². The van der Waals surface area contributed by atoms with E-state index in [2.05, 4.69) is 5.32 Å². The van der Waals surface area contributed by atoms with Gasteiger partial charge in [-0.05, 0) is 32.2 Å². The predicted octanol–water partition coefficient (Wildman–Crippen LogP) is 2.70. The van der Waals surface area contributed by atoms with Crippen LogP contribution in [0.2, 0.25) is 0 Å². The van der Waals surface area contributed by atoms with Gasteiger partial charge in [-0.2, -0.15) is 0 Å². The van der Waals surface area contributed by atoms with Crippen molar-refractivity contribution in [1.82, 2.24) is 10.2 Å². The summed E-state index contributed by atoms with van der Waals surface area (Å²) >= 11 is 0. The van der Waals surface area contributed by atoms with Crippen LogP contribution in [0, 0.1) is 0 Å². The van der Waals surface area contributed by atoms with Crippen LogP contribution in [0.25, 0.3) is 0 Å². The van der Waals surface area contributed by atoms with Gasteiger partial charge in [-0.3, -0.25) is 4.79 Å². The number of rotatable bonds is 3. The fourth-order valence-corrected chi connectivity index (χ4v) is 3.30. The lowest BCUT2D eigenvalue weighted by Gasteiger charge is -2.30. The third-order valence-corrected chi connectivity index (χ3v) is 4.60. The van der Waals surface area contributed by atoms with Gasteiger partial charge in [0.15, 0.2) is 0 Å². The Morgan fingerprint density at radius 2 is 1.72 bits per heavy atom. The van der Waals surface area contributed by atoms with Gasteiger partial charge in [0.25, 0.3) is 0 Å². The highest BCUT2D eigenvalue weighted by Crippen LogP contribution is 2.22. The minimum absolute atomic E-state index is 0.348. The average Bonchev–Trinajstić information content (AvgIpc) is 2.68. The first-order valence-corrected chi connectivity index (χ1v) is 7.76. The normalized spacial score (nSPS) is 26.6. The SMILES string of the molecule is CN(C(=O)CC1CCCCN1)C1CCCCCC1. The molecule has 0 aromatic rings. The van der Waals surface area contributed by atoms with Crippen molar-refractivity contribution in [3.8, 4) is 0 Å². The Balaban J connectivity index is 1.79. The molecule has 0 radical (unpaired) electrons. The summed E-state index contributed by atoms with van der Waals surface area (Å²) in [5, 5.41) is 3.47. The zero-order valence-electron chi connectivity index (χ0n) is 11.8. The van der Waals surface area contributed by atoms with Gasteiger partial charge in [0.05, 0.1) is 0 Å². The molecule has 2 fully saturated rings. The van der Waals surface area contributed by atoms with E-state index in [1.807, 2.05) is 11.9 Å². The van der Waals surface area contributed by atoms with Crippen molar-refractivity contribution in [3.63, 3.8) is 0 Å². The van der Waals surface area contributed by atoms with Crippen molar-refractivity contribution in [2.24, 2.45) is 0 Å². The number of hydrogen-bond donors (Lipinski definition) is 1. The zero-order chi connectivity index (χ0) is 12.8. The van der Waals surface area contributed by atoms with E-state index in [1.54, 1.807) is 0 Å². The van der Waals surface area contributed by atoms with Crippen LogP contribution in [0.4, 0.5) is 0 Å². The van der Waals surface area contributed by atoms with E-state index in [1.165, 1.54) is 57.8 Å². The molecule has 3 nitrogen and oxygen atoms in total. The van der Waals surface area contributed by atoms with Crippen molar-refractivity contribution in [1.29, 1.82) is 0 Å². The molecule has 1 aliphatic heterocycles. The highest BCUT2D eigenvalue weighted by atomic mass is 16.2. The van der Waals surface area contributed by atoms with Crippen LogP contribution in [-0.4, -0.2) is 36.5 Å². The summed E-state index contributed by atoms with van der Waals surface area (Å²) in [4.78, 5) is 14.4. The molecule has 1 N–H and O–H groups in total. The molecule has 1 amide bonds. The molecule has 1 atom stereocenters. The molecule has 2 aliphatic rings. The summed E-state index contributed by atoms with van der Waals surface area (Å²) in [5.74, 6) is 0.348. The molecule has 1 saturated heterocycles. The van der Waals surface area contributed by atoms with Crippen LogP contribution in [0.15, 0.2) is 0 Å². The second-order valence-corrected chi connectivity index (χ2v) is 6.00. The monoisotopic (exact) mass is 252 g/mol. The van der Waals surface area contributed by atoms with Gasteiger partial charge < -0.3 is 10.2 Å². The van der Waals surface area contributed by atoms with Crippen LogP contribution >= 0.6 is 0 Å². The highest BCUT2D eigenvalue weighted by molar-refractivity contribution is 5.76. The Hall–Kier alpha value is -0.570. The molecule has 0 aromatic carbocycles. The molecule has 1 heterocycles. The van der Waals surface area contributed by atoms with Crippen LogP contribution < -0.4 is 5.32 Å². The summed E-state index contributed by atoms with van der Waals surface area (Å²) in [6.45, 7) is 1.09. The summed E-state index contributed by atoms with van der Waals surface area (Å²) in [7, 11) is 2.02. The quantitative estimate of drug-likeness (QED) is 0.783. The second kappa shape index (κ2) is 7.13. The first kappa shape index (κ1) is 13.9. The maximum atomic E-state index is 12.3. The van der Waals surface area contributed by atoms with Crippen molar-refractivity contribution >= 4 is 5.91 Å². The molecular formula is C15H28N2O. The topological polar surface area (TPSA) is 32.3 Å². The molecule has 0 aromatic heterocycles. The van der Waals surface area contributed by atoms with E-state index in [0.717, 1.165) is 6.54 Å². The smallest absolute Gasteiger partial charge is 0.224 e. The van der Waals surface area contributed by atoms with E-state index < -0.39 is 0 Å². The highest BCUT2D eigenvalue weighted by Gasteiger charge is 2.24. The van der Waals surface area contributed by atoms with E-state index in [0.29, 0.717) is 24.4 Å². The van der Waals surface area contributed by atoms with Gasteiger partial charge in [0.2, 0.25) is 5.91 Å². The molecular weight excluding hydrogens is 224 g/mol. The molecule has 18 heavy (non-hydrogen) atoms. The first-order valence-electron chi connectivity index (χ1n) is 7.76. The van der Waals surface area contributed by atoms with Crippen LogP contribution in [0.5, 0.6) is 0 Å². The summed E-state index contributed by atoms with van der Waals surface area (Å²) in [6.07, 6.45) is 12.1. The molecule has 1 unspecified atom stereocenters. The number of carbonyl (C=O) groups excluding carboxylic acids is 1. The third kappa shape index (κ3) is 3.98. The van der Waals surface area contributed by atoms with Gasteiger partial charge in [-0.25, -0.2) is 0 Å². The van der Waals surface area contributed by atoms with Crippen molar-refractivity contribution in [3.05, 3.63) is 0 Å². The van der Waals surface area contributed by atoms with Crippen LogP contribution in [0.3, 0.4) is 0 Å². The third-order valence-electron chi connectivity index (χ3n) is 4.60. The van der Waals surface area contributed by atoms with Gasteiger partial charge in [0.1, 0.15) is 0 Å². The Labute approximate surface area is 111 Å². The maximum absolute atomic E-state index is 12.3. The standard InChI is InChI=1S/C15H28N2O/c1-17(14-9-4-2-3-5-10-14)15(18)12-13-8-6-7-11-16-13/h13-14,16H,2-12H2,1H3. The lowest BCUT2D eigenvalue weighted by Crippen LogP contribution is -2.42. The Kier molecular flexibility index (Phi) is 5.48. The number of nitrogens with one attached hydrogen (secondary N) is 1. The Bertz CT molecular complexity index is 253. The fraction of sp³-hybridized carbons (Fsp3) is 0.933. The van der Waals surface area contributed by atoms with Crippen molar-refractivity contribution in [2.75, 3.05) is 13.6 Å². The van der Waals surface area contributed by atoms with Gasteiger partial charge in [-0.1, -0.05) is 32.1 Å². The minimum Gasteiger partial charge on any atom is -0.343 e. The second-order valence-electron chi connectivity index (χ2n) is 6.00. The number of amides is 1.